The Balaban J connectivity index is 1.86. The quantitative estimate of drug-likeness (QED) is 0.583. The first kappa shape index (κ1) is 8.40. The first-order chi connectivity index (χ1) is 6.93. The lowest BCUT2D eigenvalue weighted by atomic mass is 9.63. The molecule has 72 valence electrons. The minimum absolute atomic E-state index is 0.919. The Kier molecular flexibility index (Phi) is 2.01. The van der Waals surface area contributed by atoms with Gasteiger partial charge in [0.15, 0.2) is 0 Å². The summed E-state index contributed by atoms with van der Waals surface area (Å²) in [4.78, 5) is 0. The lowest BCUT2D eigenvalue weighted by molar-refractivity contribution is 0.210. The highest BCUT2D eigenvalue weighted by Gasteiger charge is 2.40. The summed E-state index contributed by atoms with van der Waals surface area (Å²) in [5.74, 6) is 3.69. The highest BCUT2D eigenvalue weighted by Crippen LogP contribution is 2.48. The summed E-state index contributed by atoms with van der Waals surface area (Å²) in [6, 6.07) is 11.0. The fourth-order valence-corrected chi connectivity index (χ4v) is 3.20. The van der Waals surface area contributed by atoms with Gasteiger partial charge in [-0.1, -0.05) is 0 Å². The molecule has 3 aliphatic carbocycles. The van der Waals surface area contributed by atoms with Crippen molar-refractivity contribution in [3.05, 3.63) is 41.8 Å². The van der Waals surface area contributed by atoms with Crippen molar-refractivity contribution in [3.63, 3.8) is 0 Å². The summed E-state index contributed by atoms with van der Waals surface area (Å²) in [6.45, 7) is 0. The van der Waals surface area contributed by atoms with E-state index in [0.717, 1.165) is 11.8 Å². The molecule has 4 rings (SSSR count). The molecule has 0 radical (unpaired) electrons. The molecule has 3 fully saturated rings. The first-order valence-electron chi connectivity index (χ1n) is 5.84. The second-order valence-corrected chi connectivity index (χ2v) is 4.81. The molecule has 0 aromatic heterocycles. The van der Waals surface area contributed by atoms with Crippen LogP contribution in [0.25, 0.3) is 0 Å². The van der Waals surface area contributed by atoms with Crippen LogP contribution in [0.2, 0.25) is 0 Å². The molecule has 0 saturated heterocycles. The smallest absolute Gasteiger partial charge is 0.0473 e. The van der Waals surface area contributed by atoms with Gasteiger partial charge in [-0.3, -0.25) is 0 Å². The molecule has 1 aromatic rings. The maximum atomic E-state index is 2.29. The van der Waals surface area contributed by atoms with Crippen molar-refractivity contribution in [2.75, 3.05) is 0 Å². The Labute approximate surface area is 86.3 Å². The van der Waals surface area contributed by atoms with E-state index in [1.54, 1.807) is 5.92 Å². The van der Waals surface area contributed by atoms with Crippen LogP contribution in [0.5, 0.6) is 0 Å². The number of fused-ring (bicyclic) bond motifs is 3. The second-order valence-electron chi connectivity index (χ2n) is 4.81. The minimum atomic E-state index is 0.919. The fourth-order valence-electron chi connectivity index (χ4n) is 3.20. The van der Waals surface area contributed by atoms with Crippen molar-refractivity contribution in [3.8, 4) is 0 Å². The Morgan fingerprint density at radius 3 is 2.21 bits per heavy atom. The fraction of sp³-hybridized carbons (Fsp3) is 0.500. The Morgan fingerprint density at radius 1 is 0.929 bits per heavy atom. The average molecular weight is 185 g/mol. The number of rotatable bonds is 1. The molecule has 2 bridgehead atoms. The molecule has 0 atom stereocenters. The summed E-state index contributed by atoms with van der Waals surface area (Å²) in [5.41, 5.74) is 1.52. The Morgan fingerprint density at radius 2 is 1.64 bits per heavy atom. The SMILES string of the molecule is c1ccc([C+]2CC3CCC2CC3)cc1. The summed E-state index contributed by atoms with van der Waals surface area (Å²) in [7, 11) is 0. The molecule has 3 saturated carbocycles. The van der Waals surface area contributed by atoms with Crippen LogP contribution in [0.3, 0.4) is 0 Å². The minimum Gasteiger partial charge on any atom is -0.0473 e. The van der Waals surface area contributed by atoms with Crippen LogP contribution >= 0.6 is 0 Å². The molecular weight excluding hydrogens is 168 g/mol. The number of hydrogen-bond acceptors (Lipinski definition) is 0. The predicted octanol–water partition coefficient (Wildman–Crippen LogP) is 3.82. The van der Waals surface area contributed by atoms with Gasteiger partial charge >= 0.3 is 0 Å². The molecule has 0 spiro atoms. The largest absolute Gasteiger partial charge is 0.132 e. The molecule has 14 heavy (non-hydrogen) atoms. The van der Waals surface area contributed by atoms with Crippen molar-refractivity contribution in [1.82, 2.24) is 0 Å². The maximum absolute atomic E-state index is 2.29. The zero-order chi connectivity index (χ0) is 9.38. The molecule has 0 amide bonds. The summed E-state index contributed by atoms with van der Waals surface area (Å²) in [5, 5.41) is 0. The van der Waals surface area contributed by atoms with Gasteiger partial charge in [-0.2, -0.15) is 0 Å². The second kappa shape index (κ2) is 3.34. The first-order valence-corrected chi connectivity index (χ1v) is 5.84. The molecule has 0 aliphatic heterocycles. The van der Waals surface area contributed by atoms with Gasteiger partial charge in [-0.05, 0) is 49.8 Å². The number of benzene rings is 1. The van der Waals surface area contributed by atoms with Crippen molar-refractivity contribution in [2.45, 2.75) is 32.1 Å². The highest BCUT2D eigenvalue weighted by atomic mass is 14.4. The third-order valence-corrected chi connectivity index (χ3v) is 3.99. The highest BCUT2D eigenvalue weighted by molar-refractivity contribution is 5.33. The van der Waals surface area contributed by atoms with E-state index in [0.29, 0.717) is 0 Å². The summed E-state index contributed by atoms with van der Waals surface area (Å²) >= 11 is 0. The van der Waals surface area contributed by atoms with E-state index >= 15 is 0 Å². The molecule has 0 nitrogen and oxygen atoms in total. The van der Waals surface area contributed by atoms with Gasteiger partial charge in [0.1, 0.15) is 5.56 Å². The monoisotopic (exact) mass is 185 g/mol. The van der Waals surface area contributed by atoms with Gasteiger partial charge in [-0.25, -0.2) is 0 Å². The third-order valence-electron chi connectivity index (χ3n) is 3.99. The van der Waals surface area contributed by atoms with Crippen LogP contribution in [-0.2, 0) is 0 Å². The van der Waals surface area contributed by atoms with Crippen molar-refractivity contribution < 1.29 is 0 Å². The van der Waals surface area contributed by atoms with Crippen LogP contribution in [-0.4, -0.2) is 0 Å². The van der Waals surface area contributed by atoms with Gasteiger partial charge < -0.3 is 0 Å². The lowest BCUT2D eigenvalue weighted by Crippen LogP contribution is -2.30. The average Bonchev–Trinajstić information content (AvgIpc) is 2.32. The van der Waals surface area contributed by atoms with Crippen molar-refractivity contribution in [1.29, 1.82) is 0 Å². The van der Waals surface area contributed by atoms with Crippen LogP contribution in [0.4, 0.5) is 0 Å². The standard InChI is InChI=1S/C14H17/c1-2-4-12(5-3-1)14-10-11-6-8-13(14)9-7-11/h1-5,11,13H,6-10H2/q+1. The van der Waals surface area contributed by atoms with E-state index in [-0.39, 0.29) is 0 Å². The molecule has 0 heteroatoms. The number of hydrogen-bond donors (Lipinski definition) is 0. The van der Waals surface area contributed by atoms with E-state index in [2.05, 4.69) is 30.3 Å². The maximum Gasteiger partial charge on any atom is 0.132 e. The summed E-state index contributed by atoms with van der Waals surface area (Å²) in [6.07, 6.45) is 7.26. The van der Waals surface area contributed by atoms with E-state index in [1.165, 1.54) is 37.7 Å². The lowest BCUT2D eigenvalue weighted by Gasteiger charge is -2.38. The zero-order valence-electron chi connectivity index (χ0n) is 8.58. The van der Waals surface area contributed by atoms with E-state index in [4.69, 9.17) is 0 Å². The van der Waals surface area contributed by atoms with Crippen LogP contribution in [0, 0.1) is 17.8 Å². The van der Waals surface area contributed by atoms with Crippen molar-refractivity contribution in [2.24, 2.45) is 11.8 Å². The van der Waals surface area contributed by atoms with Gasteiger partial charge in [0.2, 0.25) is 0 Å². The summed E-state index contributed by atoms with van der Waals surface area (Å²) < 4.78 is 0. The van der Waals surface area contributed by atoms with Crippen LogP contribution < -0.4 is 0 Å². The Hall–Kier alpha value is -0.910. The molecule has 0 heterocycles. The normalized spacial score (nSPS) is 30.7. The van der Waals surface area contributed by atoms with Crippen LogP contribution in [0.1, 0.15) is 37.7 Å². The van der Waals surface area contributed by atoms with Gasteiger partial charge in [0, 0.05) is 30.4 Å². The topological polar surface area (TPSA) is 0 Å². The van der Waals surface area contributed by atoms with Gasteiger partial charge in [0.25, 0.3) is 0 Å². The molecule has 1 aromatic carbocycles. The van der Waals surface area contributed by atoms with Gasteiger partial charge in [0.05, 0.1) is 0 Å². The molecule has 3 aliphatic rings. The zero-order valence-corrected chi connectivity index (χ0v) is 8.58. The molecule has 0 unspecified atom stereocenters. The molecular formula is C14H17+. The predicted molar refractivity (Wildman–Crippen MR) is 58.9 cm³/mol. The van der Waals surface area contributed by atoms with E-state index in [9.17, 15) is 0 Å². The van der Waals surface area contributed by atoms with Crippen LogP contribution in [0.15, 0.2) is 30.3 Å². The molecule has 0 N–H and O–H groups in total. The third kappa shape index (κ3) is 1.33. The van der Waals surface area contributed by atoms with Gasteiger partial charge in [-0.15, -0.1) is 0 Å². The Bertz CT molecular complexity index is 293. The van der Waals surface area contributed by atoms with E-state index in [1.807, 2.05) is 0 Å². The van der Waals surface area contributed by atoms with Crippen molar-refractivity contribution >= 4 is 0 Å². The van der Waals surface area contributed by atoms with E-state index < -0.39 is 0 Å².